The predicted molar refractivity (Wildman–Crippen MR) is 272 cm³/mol. The second-order valence-electron chi connectivity index (χ2n) is 17.4. The maximum absolute atomic E-state index is 9.27. The highest BCUT2D eigenvalue weighted by Gasteiger charge is 2.18. The first-order chi connectivity index (χ1) is 33.9. The average Bonchev–Trinajstić information content (AvgIpc) is 4.11. The standard InChI is InChI=1S/C26H28N8OS.C24H24N8S/c1-31-17-21(15-28-31)19-3-6-25-29-30-26(34(25)18-19)36-23-4-5-24-20(14-23)13-22(16-27-24)33-8-2-7-32(9-10-33)11-12-35;1-30-15-19(13-27-30)17-3-6-23-28-29-24(32(23)16-17)33-21-4-5-22-18(12-21)11-20(14-26-22)31-9-2-7-25-8-10-31/h3-6,13-18,35H,2,7-12H2,1H3;3-6,11-16,25H,2,7-10H2,1H3. The Balaban J connectivity index is 0.000000151. The molecule has 17 nitrogen and oxygen atoms in total. The summed E-state index contributed by atoms with van der Waals surface area (Å²) in [6.07, 6.45) is 18.1. The van der Waals surface area contributed by atoms with Gasteiger partial charge in [0.05, 0.1) is 53.8 Å². The number of aliphatic hydroxyl groups is 1. The summed E-state index contributed by atoms with van der Waals surface area (Å²) in [4.78, 5) is 18.8. The molecule has 0 spiro atoms. The first-order valence-electron chi connectivity index (χ1n) is 23.3. The summed E-state index contributed by atoms with van der Waals surface area (Å²) in [5.74, 6) is 0. The third-order valence-electron chi connectivity index (χ3n) is 12.6. The molecule has 2 saturated heterocycles. The minimum atomic E-state index is 0.212. The number of hydrogen-bond donors (Lipinski definition) is 2. The number of aliphatic hydroxyl groups excluding tert-OH is 1. The number of nitrogens with one attached hydrogen (secondary N) is 1. The Morgan fingerprint density at radius 3 is 1.65 bits per heavy atom. The van der Waals surface area contributed by atoms with E-state index in [4.69, 9.17) is 9.97 Å². The molecule has 0 radical (unpaired) electrons. The summed E-state index contributed by atoms with van der Waals surface area (Å²) in [7, 11) is 3.84. The van der Waals surface area contributed by atoms with Gasteiger partial charge in [-0.25, -0.2) is 0 Å². The Kier molecular flexibility index (Phi) is 12.9. The molecule has 2 fully saturated rings. The maximum atomic E-state index is 9.27. The van der Waals surface area contributed by atoms with Crippen molar-refractivity contribution in [1.29, 1.82) is 0 Å². The lowest BCUT2D eigenvalue weighted by Crippen LogP contribution is -2.32. The van der Waals surface area contributed by atoms with Crippen molar-refractivity contribution in [3.8, 4) is 22.3 Å². The van der Waals surface area contributed by atoms with Crippen LogP contribution in [0.3, 0.4) is 0 Å². The van der Waals surface area contributed by atoms with E-state index in [1.807, 2.05) is 78.3 Å². The van der Waals surface area contributed by atoms with E-state index in [-0.39, 0.29) is 6.61 Å². The third kappa shape index (κ3) is 10.00. The van der Waals surface area contributed by atoms with Crippen molar-refractivity contribution in [1.82, 2.24) is 68.9 Å². The van der Waals surface area contributed by atoms with Crippen molar-refractivity contribution >= 4 is 68.0 Å². The van der Waals surface area contributed by atoms with Crippen LogP contribution in [-0.4, -0.2) is 134 Å². The van der Waals surface area contributed by atoms with Crippen molar-refractivity contribution in [2.75, 3.05) is 75.3 Å². The van der Waals surface area contributed by atoms with Gasteiger partial charge in [0.1, 0.15) is 0 Å². The minimum absolute atomic E-state index is 0.212. The molecule has 0 saturated carbocycles. The lowest BCUT2D eigenvalue weighted by Gasteiger charge is -2.23. The van der Waals surface area contributed by atoms with Crippen LogP contribution in [0.25, 0.3) is 55.4 Å². The number of benzene rings is 2. The van der Waals surface area contributed by atoms with E-state index in [9.17, 15) is 5.11 Å². The van der Waals surface area contributed by atoms with Crippen molar-refractivity contribution in [2.24, 2.45) is 14.1 Å². The number of pyridine rings is 4. The molecule has 0 unspecified atom stereocenters. The van der Waals surface area contributed by atoms with E-state index < -0.39 is 0 Å². The van der Waals surface area contributed by atoms with Crippen LogP contribution in [-0.2, 0) is 14.1 Å². The van der Waals surface area contributed by atoms with Crippen LogP contribution in [0.5, 0.6) is 0 Å². The number of fused-ring (bicyclic) bond motifs is 4. The fourth-order valence-corrected chi connectivity index (χ4v) is 10.7. The van der Waals surface area contributed by atoms with Crippen LogP contribution in [0.4, 0.5) is 11.4 Å². The molecule has 0 atom stereocenters. The number of nitrogens with zero attached hydrogens (tertiary/aromatic N) is 15. The second-order valence-corrected chi connectivity index (χ2v) is 19.4. The predicted octanol–water partition coefficient (Wildman–Crippen LogP) is 6.96. The van der Waals surface area contributed by atoms with Crippen LogP contribution in [0.1, 0.15) is 12.8 Å². The highest BCUT2D eigenvalue weighted by atomic mass is 32.2. The molecular formula is C50H52N16OS2. The van der Waals surface area contributed by atoms with E-state index in [0.717, 1.165) is 153 Å². The van der Waals surface area contributed by atoms with Gasteiger partial charge >= 0.3 is 0 Å². The van der Waals surface area contributed by atoms with E-state index in [2.05, 4.69) is 118 Å². The van der Waals surface area contributed by atoms with Crippen molar-refractivity contribution in [3.63, 3.8) is 0 Å². The molecule has 0 aliphatic carbocycles. The van der Waals surface area contributed by atoms with Gasteiger partial charge in [-0.2, -0.15) is 10.2 Å². The second kappa shape index (κ2) is 20.0. The molecule has 0 bridgehead atoms. The molecule has 2 aliphatic heterocycles. The molecular weight excluding hydrogens is 905 g/mol. The first kappa shape index (κ1) is 44.6. The Hall–Kier alpha value is -6.90. The normalized spacial score (nSPS) is 14.9. The Labute approximate surface area is 407 Å². The topological polar surface area (TPSA) is 164 Å². The summed E-state index contributed by atoms with van der Waals surface area (Å²) in [5.41, 5.74) is 10.2. The molecule has 2 aromatic carbocycles. The molecule has 19 heteroatoms. The van der Waals surface area contributed by atoms with E-state index in [1.54, 1.807) is 32.9 Å². The van der Waals surface area contributed by atoms with Crippen LogP contribution >= 0.6 is 23.5 Å². The lowest BCUT2D eigenvalue weighted by molar-refractivity contribution is 0.204. The van der Waals surface area contributed by atoms with Gasteiger partial charge in [-0.3, -0.25) is 33.0 Å². The SMILES string of the molecule is Cn1cc(-c2ccc3nnc(Sc4ccc5ncc(N6CCCN(CCO)CC6)cc5c4)n3c2)cn1.Cn1cc(-c2ccc3nnc(Sc4ccc5ncc(N6CCCNCC6)cc5c4)n3c2)cn1. The number of β-amino-alcohol motifs (C(OH)–C–C–N with tert-alkyl or cyclic N) is 1. The molecule has 0 amide bonds. The molecule has 2 aliphatic rings. The molecule has 10 aromatic rings. The van der Waals surface area contributed by atoms with Gasteiger partial charge < -0.3 is 20.2 Å². The minimum Gasteiger partial charge on any atom is -0.395 e. The molecule has 69 heavy (non-hydrogen) atoms. The van der Waals surface area contributed by atoms with Crippen LogP contribution in [0.15, 0.2) is 142 Å². The Morgan fingerprint density at radius 2 is 1.10 bits per heavy atom. The zero-order chi connectivity index (χ0) is 46.7. The largest absolute Gasteiger partial charge is 0.395 e. The summed E-state index contributed by atoms with van der Waals surface area (Å²) >= 11 is 3.20. The highest BCUT2D eigenvalue weighted by molar-refractivity contribution is 7.99. The number of rotatable bonds is 10. The highest BCUT2D eigenvalue weighted by Crippen LogP contribution is 2.33. The zero-order valence-electron chi connectivity index (χ0n) is 38.5. The summed E-state index contributed by atoms with van der Waals surface area (Å²) in [6, 6.07) is 25.3. The molecule has 12 rings (SSSR count). The smallest absolute Gasteiger partial charge is 0.200 e. The van der Waals surface area contributed by atoms with Gasteiger partial charge in [-0.05, 0) is 122 Å². The Bertz CT molecular complexity index is 3390. The number of aryl methyl sites for hydroxylation is 2. The maximum Gasteiger partial charge on any atom is 0.200 e. The fourth-order valence-electron chi connectivity index (χ4n) is 8.94. The van der Waals surface area contributed by atoms with Gasteiger partial charge in [-0.15, -0.1) is 20.4 Å². The van der Waals surface area contributed by atoms with Crippen molar-refractivity contribution < 1.29 is 5.11 Å². The third-order valence-corrected chi connectivity index (χ3v) is 14.5. The summed E-state index contributed by atoms with van der Waals surface area (Å²) in [6.45, 7) is 9.01. The fraction of sp³-hybridized carbons (Fsp3) is 0.280. The average molecular weight is 957 g/mol. The number of anilines is 2. The van der Waals surface area contributed by atoms with Crippen molar-refractivity contribution in [3.05, 3.63) is 122 Å². The lowest BCUT2D eigenvalue weighted by atomic mass is 10.2. The molecule has 10 heterocycles. The molecule has 350 valence electrons. The van der Waals surface area contributed by atoms with E-state index >= 15 is 0 Å². The number of hydrogen-bond acceptors (Lipinski definition) is 15. The quantitative estimate of drug-likeness (QED) is 0.145. The van der Waals surface area contributed by atoms with Gasteiger partial charge in [-0.1, -0.05) is 0 Å². The van der Waals surface area contributed by atoms with Crippen LogP contribution in [0.2, 0.25) is 0 Å². The monoisotopic (exact) mass is 956 g/mol. The van der Waals surface area contributed by atoms with Gasteiger partial charge in [0.25, 0.3) is 0 Å². The van der Waals surface area contributed by atoms with E-state index in [1.165, 1.54) is 5.69 Å². The number of aromatic nitrogens is 12. The Morgan fingerprint density at radius 1 is 0.536 bits per heavy atom. The van der Waals surface area contributed by atoms with Crippen LogP contribution < -0.4 is 15.1 Å². The van der Waals surface area contributed by atoms with Gasteiger partial charge in [0.2, 0.25) is 0 Å². The van der Waals surface area contributed by atoms with Crippen molar-refractivity contribution in [2.45, 2.75) is 32.9 Å². The molecule has 8 aromatic heterocycles. The van der Waals surface area contributed by atoms with Gasteiger partial charge in [0, 0.05) is 128 Å². The first-order valence-corrected chi connectivity index (χ1v) is 24.9. The summed E-state index contributed by atoms with van der Waals surface area (Å²) in [5, 5.41) is 42.8. The zero-order valence-corrected chi connectivity index (χ0v) is 40.1. The van der Waals surface area contributed by atoms with Gasteiger partial charge in [0.15, 0.2) is 21.6 Å². The van der Waals surface area contributed by atoms with E-state index in [0.29, 0.717) is 0 Å². The molecule has 2 N–H and O–H groups in total. The summed E-state index contributed by atoms with van der Waals surface area (Å²) < 4.78 is 7.67. The van der Waals surface area contributed by atoms with Crippen LogP contribution in [0, 0.1) is 0 Å².